The molecule has 1 atom stereocenters. The standard InChI is InChI=1S/C22H15Cl2N5/c23-17-7-4-8-18(24)21(17)20-13-19(25-22-26-27-28-29(20)22)16-11-9-15(10-12-16)14-5-2-1-3-6-14/h1-13,20H,(H,25,26,28). The number of tetrazole rings is 1. The molecule has 29 heavy (non-hydrogen) atoms. The van der Waals surface area contributed by atoms with Crippen LogP contribution < -0.4 is 5.32 Å². The molecule has 0 radical (unpaired) electrons. The molecule has 5 nitrogen and oxygen atoms in total. The van der Waals surface area contributed by atoms with Crippen molar-refractivity contribution in [1.29, 1.82) is 0 Å². The van der Waals surface area contributed by atoms with Crippen molar-refractivity contribution in [3.63, 3.8) is 0 Å². The van der Waals surface area contributed by atoms with Crippen molar-refractivity contribution < 1.29 is 0 Å². The second-order valence-corrected chi connectivity index (χ2v) is 7.49. The Labute approximate surface area is 177 Å². The highest BCUT2D eigenvalue weighted by Gasteiger charge is 2.27. The van der Waals surface area contributed by atoms with Gasteiger partial charge in [0.1, 0.15) is 6.04 Å². The van der Waals surface area contributed by atoms with E-state index in [0.717, 1.165) is 22.4 Å². The van der Waals surface area contributed by atoms with E-state index in [1.165, 1.54) is 5.56 Å². The zero-order chi connectivity index (χ0) is 19.8. The Kier molecular flexibility index (Phi) is 4.54. The van der Waals surface area contributed by atoms with Gasteiger partial charge in [0.05, 0.1) is 0 Å². The van der Waals surface area contributed by atoms with Crippen LogP contribution in [0.3, 0.4) is 0 Å². The summed E-state index contributed by atoms with van der Waals surface area (Å²) < 4.78 is 1.68. The van der Waals surface area contributed by atoms with Gasteiger partial charge in [-0.1, -0.05) is 89.0 Å². The molecule has 0 aliphatic carbocycles. The quantitative estimate of drug-likeness (QED) is 0.462. The number of nitrogens with zero attached hydrogens (tertiary/aromatic N) is 4. The Bertz CT molecular complexity index is 1180. The van der Waals surface area contributed by atoms with E-state index in [-0.39, 0.29) is 6.04 Å². The highest BCUT2D eigenvalue weighted by molar-refractivity contribution is 6.36. The summed E-state index contributed by atoms with van der Waals surface area (Å²) in [6.07, 6.45) is 2.04. The SMILES string of the molecule is Clc1cccc(Cl)c1C1C=C(c2ccc(-c3ccccc3)cc2)Nc2nnnn21. The highest BCUT2D eigenvalue weighted by atomic mass is 35.5. The third-order valence-corrected chi connectivity index (χ3v) is 5.58. The molecule has 0 saturated heterocycles. The van der Waals surface area contributed by atoms with Gasteiger partial charge in [0.2, 0.25) is 5.95 Å². The van der Waals surface area contributed by atoms with Crippen LogP contribution >= 0.6 is 23.2 Å². The molecular weight excluding hydrogens is 405 g/mol. The highest BCUT2D eigenvalue weighted by Crippen LogP contribution is 2.38. The summed E-state index contributed by atoms with van der Waals surface area (Å²) in [5, 5.41) is 16.4. The van der Waals surface area contributed by atoms with E-state index >= 15 is 0 Å². The summed E-state index contributed by atoms with van der Waals surface area (Å²) in [6, 6.07) is 23.8. The largest absolute Gasteiger partial charge is 0.323 e. The third kappa shape index (κ3) is 3.28. The van der Waals surface area contributed by atoms with Gasteiger partial charge in [0.25, 0.3) is 0 Å². The number of fused-ring (bicyclic) bond motifs is 1. The van der Waals surface area contributed by atoms with Crippen molar-refractivity contribution in [3.05, 3.63) is 100 Å². The summed E-state index contributed by atoms with van der Waals surface area (Å²) in [6.45, 7) is 0. The summed E-state index contributed by atoms with van der Waals surface area (Å²) in [7, 11) is 0. The Balaban J connectivity index is 1.56. The van der Waals surface area contributed by atoms with Gasteiger partial charge in [-0.2, -0.15) is 4.68 Å². The van der Waals surface area contributed by atoms with Gasteiger partial charge in [-0.15, -0.1) is 0 Å². The van der Waals surface area contributed by atoms with Crippen molar-refractivity contribution in [2.45, 2.75) is 6.04 Å². The minimum absolute atomic E-state index is 0.314. The first kappa shape index (κ1) is 17.9. The molecule has 0 amide bonds. The number of rotatable bonds is 3. The summed E-state index contributed by atoms with van der Waals surface area (Å²) in [4.78, 5) is 0. The molecule has 0 bridgehead atoms. The van der Waals surface area contributed by atoms with Crippen molar-refractivity contribution in [2.75, 3.05) is 5.32 Å². The molecule has 1 N–H and O–H groups in total. The molecule has 1 aliphatic heterocycles. The van der Waals surface area contributed by atoms with Crippen LogP contribution in [0.1, 0.15) is 17.2 Å². The predicted molar refractivity (Wildman–Crippen MR) is 116 cm³/mol. The van der Waals surface area contributed by atoms with Gasteiger partial charge in [-0.25, -0.2) is 0 Å². The van der Waals surface area contributed by atoms with Crippen LogP contribution in [-0.2, 0) is 0 Å². The van der Waals surface area contributed by atoms with E-state index in [2.05, 4.69) is 57.2 Å². The van der Waals surface area contributed by atoms with Crippen molar-refractivity contribution in [2.24, 2.45) is 0 Å². The molecule has 0 spiro atoms. The average Bonchev–Trinajstić information content (AvgIpc) is 3.23. The third-order valence-electron chi connectivity index (χ3n) is 4.93. The fourth-order valence-corrected chi connectivity index (χ4v) is 4.12. The number of aromatic nitrogens is 4. The van der Waals surface area contributed by atoms with Crippen molar-refractivity contribution >= 4 is 34.8 Å². The number of nitrogens with one attached hydrogen (secondary N) is 1. The zero-order valence-electron chi connectivity index (χ0n) is 15.1. The van der Waals surface area contributed by atoms with Crippen LogP contribution in [0.5, 0.6) is 0 Å². The maximum absolute atomic E-state index is 6.46. The Morgan fingerprint density at radius 2 is 1.41 bits per heavy atom. The van der Waals surface area contributed by atoms with Crippen LogP contribution in [0.25, 0.3) is 16.8 Å². The van der Waals surface area contributed by atoms with Gasteiger partial charge in [-0.3, -0.25) is 0 Å². The number of allylic oxidation sites excluding steroid dienone is 1. The lowest BCUT2D eigenvalue weighted by Gasteiger charge is -2.25. The zero-order valence-corrected chi connectivity index (χ0v) is 16.6. The fourth-order valence-electron chi connectivity index (χ4n) is 3.49. The molecule has 1 unspecified atom stereocenters. The lowest BCUT2D eigenvalue weighted by atomic mass is 9.99. The Morgan fingerprint density at radius 3 is 2.14 bits per heavy atom. The Morgan fingerprint density at radius 1 is 0.759 bits per heavy atom. The Hall–Kier alpha value is -3.15. The molecule has 4 aromatic rings. The first-order valence-electron chi connectivity index (χ1n) is 9.07. The van der Waals surface area contributed by atoms with E-state index in [1.54, 1.807) is 4.68 Å². The maximum Gasteiger partial charge on any atom is 0.248 e. The lowest BCUT2D eigenvalue weighted by Crippen LogP contribution is -2.20. The fraction of sp³-hybridized carbons (Fsp3) is 0.0455. The molecule has 0 fully saturated rings. The molecule has 1 aliphatic rings. The summed E-state index contributed by atoms with van der Waals surface area (Å²) in [5.74, 6) is 0.538. The minimum atomic E-state index is -0.314. The molecule has 142 valence electrons. The van der Waals surface area contributed by atoms with Crippen LogP contribution in [0, 0.1) is 0 Å². The van der Waals surface area contributed by atoms with Gasteiger partial charge in [-0.05, 0) is 45.3 Å². The lowest BCUT2D eigenvalue weighted by molar-refractivity contribution is 0.586. The van der Waals surface area contributed by atoms with E-state index in [4.69, 9.17) is 23.2 Å². The topological polar surface area (TPSA) is 55.6 Å². The molecule has 5 rings (SSSR count). The number of hydrogen-bond acceptors (Lipinski definition) is 4. The first-order chi connectivity index (χ1) is 14.2. The molecular formula is C22H15Cl2N5. The molecule has 1 aromatic heterocycles. The second kappa shape index (κ2) is 7.35. The van der Waals surface area contributed by atoms with Gasteiger partial charge >= 0.3 is 0 Å². The van der Waals surface area contributed by atoms with Gasteiger partial charge in [0, 0.05) is 21.3 Å². The van der Waals surface area contributed by atoms with Crippen LogP contribution in [0.2, 0.25) is 10.0 Å². The average molecular weight is 420 g/mol. The van der Waals surface area contributed by atoms with E-state index in [9.17, 15) is 0 Å². The summed E-state index contributed by atoms with van der Waals surface area (Å²) >= 11 is 12.9. The van der Waals surface area contributed by atoms with Crippen molar-refractivity contribution in [3.8, 4) is 11.1 Å². The van der Waals surface area contributed by atoms with Crippen LogP contribution in [0.15, 0.2) is 78.9 Å². The predicted octanol–water partition coefficient (Wildman–Crippen LogP) is 5.70. The van der Waals surface area contributed by atoms with E-state index < -0.39 is 0 Å². The maximum atomic E-state index is 6.46. The number of benzene rings is 3. The monoisotopic (exact) mass is 419 g/mol. The smallest absolute Gasteiger partial charge is 0.248 e. The van der Waals surface area contributed by atoms with Crippen LogP contribution in [-0.4, -0.2) is 20.2 Å². The van der Waals surface area contributed by atoms with Crippen molar-refractivity contribution in [1.82, 2.24) is 20.2 Å². The first-order valence-corrected chi connectivity index (χ1v) is 9.83. The number of halogens is 2. The summed E-state index contributed by atoms with van der Waals surface area (Å²) in [5.41, 5.74) is 5.01. The molecule has 3 aromatic carbocycles. The molecule has 7 heteroatoms. The minimum Gasteiger partial charge on any atom is -0.323 e. The van der Waals surface area contributed by atoms with E-state index in [0.29, 0.717) is 16.0 Å². The molecule has 2 heterocycles. The van der Waals surface area contributed by atoms with Crippen LogP contribution in [0.4, 0.5) is 5.95 Å². The number of hydrogen-bond donors (Lipinski definition) is 1. The molecule has 0 saturated carbocycles. The normalized spacial score (nSPS) is 15.4. The second-order valence-electron chi connectivity index (χ2n) is 6.68. The van der Waals surface area contributed by atoms with E-state index in [1.807, 2.05) is 42.5 Å². The van der Waals surface area contributed by atoms with Gasteiger partial charge < -0.3 is 5.32 Å². The number of anilines is 1. The van der Waals surface area contributed by atoms with Gasteiger partial charge in [0.15, 0.2) is 0 Å².